The second-order valence-electron chi connectivity index (χ2n) is 7.48. The van der Waals surface area contributed by atoms with E-state index in [0.717, 1.165) is 24.5 Å². The highest BCUT2D eigenvalue weighted by atomic mass is 16.6. The topological polar surface area (TPSA) is 88.6 Å². The number of hydrogen-bond acceptors (Lipinski definition) is 7. The molecule has 2 aliphatic heterocycles. The largest absolute Gasteiger partial charge is 0.486 e. The molecule has 0 spiro atoms. The predicted octanol–water partition coefficient (Wildman–Crippen LogP) is 3.84. The summed E-state index contributed by atoms with van der Waals surface area (Å²) in [5.74, 6) is 1.53. The third kappa shape index (κ3) is 4.23. The van der Waals surface area contributed by atoms with Crippen molar-refractivity contribution in [3.63, 3.8) is 0 Å². The summed E-state index contributed by atoms with van der Waals surface area (Å²) in [5, 5.41) is 14.5. The van der Waals surface area contributed by atoms with E-state index in [4.69, 9.17) is 9.47 Å². The Bertz CT molecular complexity index is 1080. The van der Waals surface area contributed by atoms with Crippen LogP contribution in [0.1, 0.15) is 23.2 Å². The first-order valence-electron chi connectivity index (χ1n) is 10.4. The van der Waals surface area contributed by atoms with Crippen molar-refractivity contribution in [1.82, 2.24) is 10.2 Å². The average molecular weight is 417 g/mol. The summed E-state index contributed by atoms with van der Waals surface area (Å²) in [5.41, 5.74) is 3.08. The molecule has 8 nitrogen and oxygen atoms in total. The second-order valence-corrected chi connectivity index (χ2v) is 7.48. The molecule has 0 atom stereocenters. The van der Waals surface area contributed by atoms with Crippen LogP contribution in [-0.2, 0) is 0 Å². The molecule has 1 saturated heterocycles. The van der Waals surface area contributed by atoms with Crippen LogP contribution in [0.25, 0.3) is 0 Å². The van der Waals surface area contributed by atoms with E-state index in [2.05, 4.69) is 25.7 Å². The molecule has 8 heteroatoms. The van der Waals surface area contributed by atoms with Crippen LogP contribution in [-0.4, -0.2) is 42.4 Å². The molecule has 0 radical (unpaired) electrons. The van der Waals surface area contributed by atoms with Crippen molar-refractivity contribution >= 4 is 28.8 Å². The van der Waals surface area contributed by atoms with E-state index < -0.39 is 0 Å². The van der Waals surface area contributed by atoms with Crippen molar-refractivity contribution in [2.75, 3.05) is 41.8 Å². The summed E-state index contributed by atoms with van der Waals surface area (Å²) in [4.78, 5) is 15.1. The van der Waals surface area contributed by atoms with Crippen LogP contribution in [0.15, 0.2) is 54.7 Å². The first-order chi connectivity index (χ1) is 15.3. The molecular weight excluding hydrogens is 394 g/mol. The number of nitrogens with zero attached hydrogens (tertiary/aromatic N) is 3. The van der Waals surface area contributed by atoms with Gasteiger partial charge in [0, 0.05) is 30.5 Å². The zero-order valence-electron chi connectivity index (χ0n) is 17.0. The Balaban J connectivity index is 1.26. The highest BCUT2D eigenvalue weighted by molar-refractivity contribution is 6.06. The summed E-state index contributed by atoms with van der Waals surface area (Å²) < 4.78 is 11.2. The number of hydrogen-bond donors (Lipinski definition) is 2. The van der Waals surface area contributed by atoms with Gasteiger partial charge in [0.1, 0.15) is 13.2 Å². The normalized spacial score (nSPS) is 14.9. The highest BCUT2D eigenvalue weighted by Crippen LogP contribution is 2.34. The van der Waals surface area contributed by atoms with E-state index in [9.17, 15) is 4.79 Å². The van der Waals surface area contributed by atoms with Gasteiger partial charge in [0.15, 0.2) is 17.3 Å². The van der Waals surface area contributed by atoms with Crippen LogP contribution < -0.4 is 25.0 Å². The minimum absolute atomic E-state index is 0.243. The SMILES string of the molecule is O=C(Nc1ccc(Nc2cc(N3CCCC3)cnn2)cc1)c1cccc2c1OCCO2. The van der Waals surface area contributed by atoms with Gasteiger partial charge >= 0.3 is 0 Å². The molecule has 2 aliphatic rings. The molecule has 5 rings (SSSR count). The number of carbonyl (C=O) groups excluding carboxylic acids is 1. The zero-order chi connectivity index (χ0) is 21.0. The molecule has 0 unspecified atom stereocenters. The molecule has 2 aromatic carbocycles. The number of carbonyl (C=O) groups is 1. The maximum Gasteiger partial charge on any atom is 0.259 e. The van der Waals surface area contributed by atoms with Gasteiger partial charge < -0.3 is 25.0 Å². The van der Waals surface area contributed by atoms with Gasteiger partial charge in [-0.1, -0.05) is 6.07 Å². The molecule has 1 fully saturated rings. The molecule has 0 aliphatic carbocycles. The fourth-order valence-electron chi connectivity index (χ4n) is 3.80. The average Bonchev–Trinajstić information content (AvgIpc) is 3.35. The van der Waals surface area contributed by atoms with Gasteiger partial charge in [-0.2, -0.15) is 5.10 Å². The van der Waals surface area contributed by atoms with Crippen LogP contribution in [0, 0.1) is 0 Å². The minimum Gasteiger partial charge on any atom is -0.486 e. The number of fused-ring (bicyclic) bond motifs is 1. The van der Waals surface area contributed by atoms with Gasteiger partial charge in [-0.15, -0.1) is 5.10 Å². The lowest BCUT2D eigenvalue weighted by Gasteiger charge is -2.20. The van der Waals surface area contributed by atoms with E-state index in [1.54, 1.807) is 24.4 Å². The Morgan fingerprint density at radius 2 is 1.74 bits per heavy atom. The second kappa shape index (κ2) is 8.51. The summed E-state index contributed by atoms with van der Waals surface area (Å²) in [6.07, 6.45) is 4.22. The smallest absolute Gasteiger partial charge is 0.259 e. The summed E-state index contributed by atoms with van der Waals surface area (Å²) in [6.45, 7) is 3.03. The quantitative estimate of drug-likeness (QED) is 0.652. The fourth-order valence-corrected chi connectivity index (χ4v) is 3.80. The van der Waals surface area contributed by atoms with E-state index in [0.29, 0.717) is 41.8 Å². The number of amides is 1. The lowest BCUT2D eigenvalue weighted by molar-refractivity contribution is 0.101. The monoisotopic (exact) mass is 417 g/mol. The number of nitrogens with one attached hydrogen (secondary N) is 2. The van der Waals surface area contributed by atoms with Gasteiger partial charge in [-0.25, -0.2) is 0 Å². The van der Waals surface area contributed by atoms with Crippen LogP contribution >= 0.6 is 0 Å². The molecular formula is C23H23N5O3. The Morgan fingerprint density at radius 3 is 2.58 bits per heavy atom. The maximum atomic E-state index is 12.7. The standard InChI is InChI=1S/C23H23N5O3/c29-23(19-4-3-5-20-22(19)31-13-12-30-20)26-17-8-6-16(7-9-17)25-21-14-18(15-24-27-21)28-10-1-2-11-28/h3-9,14-15H,1-2,10-13H2,(H,25,27)(H,26,29). The van der Waals surface area contributed by atoms with Crippen LogP contribution in [0.2, 0.25) is 0 Å². The fraction of sp³-hybridized carbons (Fsp3) is 0.261. The third-order valence-corrected chi connectivity index (χ3v) is 5.34. The molecule has 3 aromatic rings. The van der Waals surface area contributed by atoms with Gasteiger partial charge in [0.2, 0.25) is 0 Å². The van der Waals surface area contributed by atoms with Gasteiger partial charge in [0.25, 0.3) is 5.91 Å². The van der Waals surface area contributed by atoms with E-state index in [1.807, 2.05) is 30.3 Å². The van der Waals surface area contributed by atoms with Gasteiger partial charge in [-0.05, 0) is 49.2 Å². The van der Waals surface area contributed by atoms with Crippen molar-refractivity contribution in [2.45, 2.75) is 12.8 Å². The third-order valence-electron chi connectivity index (χ3n) is 5.34. The van der Waals surface area contributed by atoms with Crippen molar-refractivity contribution < 1.29 is 14.3 Å². The first kappa shape index (κ1) is 19.2. The van der Waals surface area contributed by atoms with Gasteiger partial charge in [0.05, 0.1) is 17.4 Å². The molecule has 0 saturated carbocycles. The molecule has 158 valence electrons. The van der Waals surface area contributed by atoms with Crippen LogP contribution in [0.5, 0.6) is 11.5 Å². The summed E-state index contributed by atoms with van der Waals surface area (Å²) in [7, 11) is 0. The summed E-state index contributed by atoms with van der Waals surface area (Å²) in [6, 6.07) is 14.8. The Labute approximate surface area is 180 Å². The minimum atomic E-state index is -0.243. The number of aromatic nitrogens is 2. The van der Waals surface area contributed by atoms with Crippen molar-refractivity contribution in [3.8, 4) is 11.5 Å². The van der Waals surface area contributed by atoms with E-state index >= 15 is 0 Å². The van der Waals surface area contributed by atoms with E-state index in [-0.39, 0.29) is 5.91 Å². The van der Waals surface area contributed by atoms with Crippen LogP contribution in [0.3, 0.4) is 0 Å². The molecule has 31 heavy (non-hydrogen) atoms. The number of para-hydroxylation sites is 1. The first-order valence-corrected chi connectivity index (χ1v) is 10.4. The van der Waals surface area contributed by atoms with Crippen LogP contribution in [0.4, 0.5) is 22.9 Å². The number of ether oxygens (including phenoxy) is 2. The molecule has 0 bridgehead atoms. The van der Waals surface area contributed by atoms with Crippen molar-refractivity contribution in [2.24, 2.45) is 0 Å². The molecule has 3 heterocycles. The Morgan fingerprint density at radius 1 is 0.968 bits per heavy atom. The van der Waals surface area contributed by atoms with E-state index in [1.165, 1.54) is 12.8 Å². The van der Waals surface area contributed by atoms with Crippen molar-refractivity contribution in [1.29, 1.82) is 0 Å². The molecule has 2 N–H and O–H groups in total. The highest BCUT2D eigenvalue weighted by Gasteiger charge is 2.20. The zero-order valence-corrected chi connectivity index (χ0v) is 17.0. The van der Waals surface area contributed by atoms with Gasteiger partial charge in [-0.3, -0.25) is 4.79 Å². The Hall–Kier alpha value is -3.81. The predicted molar refractivity (Wildman–Crippen MR) is 119 cm³/mol. The number of benzene rings is 2. The Kier molecular flexibility index (Phi) is 5.26. The lowest BCUT2D eigenvalue weighted by Crippen LogP contribution is -2.20. The maximum absolute atomic E-state index is 12.7. The lowest BCUT2D eigenvalue weighted by atomic mass is 10.1. The summed E-state index contributed by atoms with van der Waals surface area (Å²) >= 11 is 0. The number of anilines is 4. The number of rotatable bonds is 5. The molecule has 1 aromatic heterocycles. The van der Waals surface area contributed by atoms with Crippen molar-refractivity contribution in [3.05, 3.63) is 60.3 Å². The molecule has 1 amide bonds.